The molecule has 12 nitrogen and oxygen atoms in total. The first-order chi connectivity index (χ1) is 19.4. The van der Waals surface area contributed by atoms with Gasteiger partial charge in [-0.3, -0.25) is 14.4 Å². The second-order valence-corrected chi connectivity index (χ2v) is 10.8. The first kappa shape index (κ1) is 29.0. The Balaban J connectivity index is 1.76. The standard InChI is InChI=1S/C29H33NO11/c1-5-29(37)10-15(41-16-9-13(30)23(31)11(2)40-16)18-19(22(29)28(36)39-4)27(35)20-21(26(18)34)25(33)17-12(24(20)32)7-6-8-14(17)38-3/h6-8,11,13,15-16,22-23,31,34-35,37H,5,9-10,30H2,1-4H3/p+1/t11-,13-,15-,16-,22-,23+,29+/m0/s1. The van der Waals surface area contributed by atoms with Gasteiger partial charge in [-0.05, 0) is 19.4 Å². The summed E-state index contributed by atoms with van der Waals surface area (Å²) in [5, 5.41) is 45.4. The Kier molecular flexibility index (Phi) is 7.33. The number of phenols is 2. The maximum Gasteiger partial charge on any atom is 0.316 e. The monoisotopic (exact) mass is 572 g/mol. The Bertz CT molecular complexity index is 1430. The van der Waals surface area contributed by atoms with Gasteiger partial charge < -0.3 is 45.1 Å². The maximum absolute atomic E-state index is 13.8. The first-order valence-corrected chi connectivity index (χ1v) is 13.4. The van der Waals surface area contributed by atoms with E-state index in [9.17, 15) is 34.8 Å². The van der Waals surface area contributed by atoms with E-state index in [0.717, 1.165) is 7.11 Å². The number of phenolic OH excluding ortho intramolecular Hbond substituents is 2. The minimum atomic E-state index is -1.84. The second kappa shape index (κ2) is 10.4. The van der Waals surface area contributed by atoms with Crippen LogP contribution < -0.4 is 10.5 Å². The fourth-order valence-corrected chi connectivity index (χ4v) is 6.35. The van der Waals surface area contributed by atoms with Gasteiger partial charge in [0.2, 0.25) is 5.78 Å². The molecule has 1 aliphatic heterocycles. The number of aromatic hydroxyl groups is 2. The van der Waals surface area contributed by atoms with Crippen LogP contribution in [0.3, 0.4) is 0 Å². The molecule has 41 heavy (non-hydrogen) atoms. The van der Waals surface area contributed by atoms with E-state index in [1.165, 1.54) is 25.3 Å². The van der Waals surface area contributed by atoms with Gasteiger partial charge in [-0.2, -0.15) is 0 Å². The van der Waals surface area contributed by atoms with E-state index < -0.39 is 82.3 Å². The van der Waals surface area contributed by atoms with Crippen molar-refractivity contribution in [2.24, 2.45) is 0 Å². The van der Waals surface area contributed by atoms with Crippen LogP contribution in [0.5, 0.6) is 17.2 Å². The van der Waals surface area contributed by atoms with Crippen molar-refractivity contribution >= 4 is 17.5 Å². The number of ketones is 2. The summed E-state index contributed by atoms with van der Waals surface area (Å²) < 4.78 is 22.3. The third-order valence-corrected chi connectivity index (χ3v) is 8.57. The second-order valence-electron chi connectivity index (χ2n) is 10.8. The molecule has 1 fully saturated rings. The maximum atomic E-state index is 13.8. The van der Waals surface area contributed by atoms with E-state index in [1.807, 2.05) is 0 Å². The van der Waals surface area contributed by atoms with Gasteiger partial charge in [0.25, 0.3) is 0 Å². The molecule has 7 atom stereocenters. The van der Waals surface area contributed by atoms with Crippen molar-refractivity contribution in [3.05, 3.63) is 51.6 Å². The highest BCUT2D eigenvalue weighted by molar-refractivity contribution is 6.31. The Labute approximate surface area is 235 Å². The van der Waals surface area contributed by atoms with Crippen molar-refractivity contribution in [3.63, 3.8) is 0 Å². The minimum Gasteiger partial charge on any atom is -0.507 e. The number of quaternary nitrogens is 1. The van der Waals surface area contributed by atoms with Crippen LogP contribution in [0.25, 0.3) is 0 Å². The van der Waals surface area contributed by atoms with E-state index in [4.69, 9.17) is 18.9 Å². The molecule has 0 radical (unpaired) electrons. The smallest absolute Gasteiger partial charge is 0.316 e. The highest BCUT2D eigenvalue weighted by atomic mass is 16.7. The number of esters is 1. The molecule has 5 rings (SSSR count). The highest BCUT2D eigenvalue weighted by Gasteiger charge is 2.55. The van der Waals surface area contributed by atoms with Gasteiger partial charge in [0.05, 0.1) is 55.1 Å². The van der Waals surface area contributed by atoms with Crippen LogP contribution in [0.1, 0.15) is 88.1 Å². The quantitative estimate of drug-likeness (QED) is 0.215. The summed E-state index contributed by atoms with van der Waals surface area (Å²) >= 11 is 0. The van der Waals surface area contributed by atoms with Crippen molar-refractivity contribution in [1.29, 1.82) is 0 Å². The molecule has 1 saturated heterocycles. The zero-order valence-electron chi connectivity index (χ0n) is 23.2. The predicted octanol–water partition coefficient (Wildman–Crippen LogP) is 0.847. The highest BCUT2D eigenvalue weighted by Crippen LogP contribution is 2.57. The molecule has 2 aromatic rings. The van der Waals surface area contributed by atoms with E-state index >= 15 is 0 Å². The fraction of sp³-hybridized carbons (Fsp3) is 0.483. The van der Waals surface area contributed by atoms with Crippen LogP contribution in [-0.2, 0) is 19.0 Å². The fourth-order valence-electron chi connectivity index (χ4n) is 6.35. The molecule has 0 aromatic heterocycles. The van der Waals surface area contributed by atoms with E-state index in [0.29, 0.717) is 0 Å². The molecule has 7 N–H and O–H groups in total. The largest absolute Gasteiger partial charge is 0.507 e. The summed E-state index contributed by atoms with van der Waals surface area (Å²) in [6.07, 6.45) is -3.69. The van der Waals surface area contributed by atoms with Crippen molar-refractivity contribution < 1.29 is 59.5 Å². The van der Waals surface area contributed by atoms with Gasteiger partial charge in [0.1, 0.15) is 35.3 Å². The molecule has 0 bridgehead atoms. The lowest BCUT2D eigenvalue weighted by molar-refractivity contribution is -0.466. The number of fused-ring (bicyclic) bond motifs is 3. The Morgan fingerprint density at radius 3 is 2.37 bits per heavy atom. The van der Waals surface area contributed by atoms with Crippen LogP contribution >= 0.6 is 0 Å². The summed E-state index contributed by atoms with van der Waals surface area (Å²) in [7, 11) is 2.45. The number of methoxy groups -OCH3 is 2. The van der Waals surface area contributed by atoms with Crippen LogP contribution in [0, 0.1) is 0 Å². The Morgan fingerprint density at radius 1 is 1.10 bits per heavy atom. The first-order valence-electron chi connectivity index (χ1n) is 13.4. The van der Waals surface area contributed by atoms with Crippen molar-refractivity contribution in [1.82, 2.24) is 0 Å². The SMILES string of the molecule is CC[C@@]1(O)C[C@H](O[C@H]2C[C@H]([NH3+])[C@H](O)[C@H](C)O2)c2c(O)c3c(c(O)c2[C@H]1C(=O)OC)C(=O)c1cccc(OC)c1C3=O. The zero-order valence-corrected chi connectivity index (χ0v) is 23.2. The van der Waals surface area contributed by atoms with Crippen LogP contribution in [0.2, 0.25) is 0 Å². The van der Waals surface area contributed by atoms with Gasteiger partial charge in [-0.25, -0.2) is 0 Å². The Hall–Kier alpha value is -3.55. The minimum absolute atomic E-state index is 0.00879. The van der Waals surface area contributed by atoms with Crippen molar-refractivity contribution in [2.45, 2.75) is 75.3 Å². The molecule has 12 heteroatoms. The van der Waals surface area contributed by atoms with E-state index in [1.54, 1.807) is 13.8 Å². The molecular weight excluding hydrogens is 538 g/mol. The van der Waals surface area contributed by atoms with Gasteiger partial charge in [-0.15, -0.1) is 0 Å². The van der Waals surface area contributed by atoms with Gasteiger partial charge in [0, 0.05) is 23.1 Å². The number of aliphatic hydroxyl groups is 2. The van der Waals surface area contributed by atoms with Crippen molar-refractivity contribution in [2.75, 3.05) is 14.2 Å². The van der Waals surface area contributed by atoms with Gasteiger partial charge >= 0.3 is 5.97 Å². The summed E-state index contributed by atoms with van der Waals surface area (Å²) in [6, 6.07) is 3.95. The average Bonchev–Trinajstić information content (AvgIpc) is 2.95. The number of benzene rings is 2. The molecule has 0 spiro atoms. The number of carbonyl (C=O) groups is 3. The molecule has 3 aliphatic rings. The van der Waals surface area contributed by atoms with Crippen molar-refractivity contribution in [3.8, 4) is 17.2 Å². The lowest BCUT2D eigenvalue weighted by Gasteiger charge is -2.45. The van der Waals surface area contributed by atoms with E-state index in [-0.39, 0.29) is 47.3 Å². The summed E-state index contributed by atoms with van der Waals surface area (Å²) in [4.78, 5) is 40.7. The molecule has 1 heterocycles. The van der Waals surface area contributed by atoms with E-state index in [2.05, 4.69) is 5.73 Å². The van der Waals surface area contributed by atoms with Crippen LogP contribution in [-0.4, -0.2) is 82.3 Å². The number of carbonyl (C=O) groups excluding carboxylic acids is 3. The normalized spacial score (nSPS) is 30.7. The number of hydrogen-bond acceptors (Lipinski definition) is 11. The zero-order chi connectivity index (χ0) is 30.0. The average molecular weight is 573 g/mol. The molecule has 2 aromatic carbocycles. The summed E-state index contributed by atoms with van der Waals surface area (Å²) in [6.45, 7) is 3.28. The topological polar surface area (TPSA) is 197 Å². The Morgan fingerprint density at radius 2 is 1.76 bits per heavy atom. The lowest BCUT2D eigenvalue weighted by Crippen LogP contribution is -2.71. The molecule has 0 unspecified atom stereocenters. The lowest BCUT2D eigenvalue weighted by atomic mass is 9.66. The number of rotatable bonds is 5. The molecule has 220 valence electrons. The molecule has 0 amide bonds. The molecule has 2 aliphatic carbocycles. The van der Waals surface area contributed by atoms with Crippen LogP contribution in [0.4, 0.5) is 0 Å². The molecule has 0 saturated carbocycles. The summed E-state index contributed by atoms with van der Waals surface area (Å²) in [5.74, 6) is -5.28. The number of ether oxygens (including phenoxy) is 4. The third kappa shape index (κ3) is 4.29. The number of hydrogen-bond donors (Lipinski definition) is 5. The third-order valence-electron chi connectivity index (χ3n) is 8.57. The van der Waals surface area contributed by atoms with Gasteiger partial charge in [0.15, 0.2) is 12.1 Å². The van der Waals surface area contributed by atoms with Gasteiger partial charge in [-0.1, -0.05) is 19.1 Å². The predicted molar refractivity (Wildman–Crippen MR) is 140 cm³/mol. The summed E-state index contributed by atoms with van der Waals surface area (Å²) in [5.41, 5.74) is 0.608. The number of aliphatic hydroxyl groups excluding tert-OH is 1. The molecular formula is C29H34NO11+. The van der Waals surface area contributed by atoms with Crippen LogP contribution in [0.15, 0.2) is 18.2 Å².